The molecule has 3 N–H and O–H groups in total. The summed E-state index contributed by atoms with van der Waals surface area (Å²) in [6, 6.07) is -0.0951. The molecule has 0 spiro atoms. The van der Waals surface area contributed by atoms with Crippen molar-refractivity contribution in [1.29, 1.82) is 0 Å². The van der Waals surface area contributed by atoms with Crippen LogP contribution in [0.3, 0.4) is 0 Å². The highest BCUT2D eigenvalue weighted by Gasteiger charge is 2.27. The van der Waals surface area contributed by atoms with Gasteiger partial charge in [-0.25, -0.2) is 4.98 Å². The number of anilines is 1. The van der Waals surface area contributed by atoms with Crippen molar-refractivity contribution >= 4 is 22.4 Å². The van der Waals surface area contributed by atoms with E-state index in [1.54, 1.807) is 0 Å². The molecule has 1 aliphatic heterocycles. The van der Waals surface area contributed by atoms with Crippen LogP contribution in [0, 0.1) is 0 Å². The van der Waals surface area contributed by atoms with Crippen molar-refractivity contribution in [2.24, 2.45) is 0 Å². The third-order valence-electron chi connectivity index (χ3n) is 3.62. The van der Waals surface area contributed by atoms with E-state index in [2.05, 4.69) is 10.3 Å². The van der Waals surface area contributed by atoms with Crippen molar-refractivity contribution in [3.63, 3.8) is 0 Å². The molecule has 0 bridgehead atoms. The molecule has 1 aromatic heterocycles. The average Bonchev–Trinajstić information content (AvgIpc) is 2.92. The summed E-state index contributed by atoms with van der Waals surface area (Å²) in [4.78, 5) is 16.3. The van der Waals surface area contributed by atoms with Crippen LogP contribution < -0.4 is 11.1 Å². The van der Waals surface area contributed by atoms with Gasteiger partial charge in [-0.1, -0.05) is 11.6 Å². The molecule has 1 saturated heterocycles. The van der Waals surface area contributed by atoms with E-state index in [-0.39, 0.29) is 18.1 Å². The maximum Gasteiger partial charge on any atom is 0.220 e. The number of allylic oxidation sites excluding steroid dienone is 1. The number of nitrogens with two attached hydrogens (primary N) is 1. The number of ether oxygens (including phenoxy) is 2. The molecule has 2 heterocycles. The van der Waals surface area contributed by atoms with Crippen LogP contribution in [0.5, 0.6) is 0 Å². The molecule has 23 heavy (non-hydrogen) atoms. The predicted octanol–water partition coefficient (Wildman–Crippen LogP) is 1.91. The monoisotopic (exact) mass is 339 g/mol. The smallest absolute Gasteiger partial charge is 0.220 e. The van der Waals surface area contributed by atoms with Gasteiger partial charge in [-0.05, 0) is 26.7 Å². The fraction of sp³-hybridized carbons (Fsp3) is 0.625. The Labute approximate surface area is 141 Å². The topological polar surface area (TPSA) is 86.5 Å². The zero-order valence-electron chi connectivity index (χ0n) is 13.7. The van der Waals surface area contributed by atoms with Crippen LogP contribution in [0.2, 0.25) is 0 Å². The van der Waals surface area contributed by atoms with E-state index in [0.29, 0.717) is 37.8 Å². The molecule has 0 radical (unpaired) electrons. The highest BCUT2D eigenvalue weighted by Crippen LogP contribution is 2.14. The summed E-state index contributed by atoms with van der Waals surface area (Å²) >= 11 is 1.39. The number of amides is 1. The minimum atomic E-state index is -0.0951. The van der Waals surface area contributed by atoms with E-state index in [4.69, 9.17) is 15.2 Å². The fourth-order valence-electron chi connectivity index (χ4n) is 2.35. The maximum absolute atomic E-state index is 12.1. The molecule has 2 rings (SSSR count). The van der Waals surface area contributed by atoms with Crippen molar-refractivity contribution in [3.8, 4) is 0 Å². The maximum atomic E-state index is 12.1. The van der Waals surface area contributed by atoms with E-state index in [0.717, 1.165) is 12.1 Å². The summed E-state index contributed by atoms with van der Waals surface area (Å²) in [7, 11) is 0. The number of aromatic nitrogens is 1. The van der Waals surface area contributed by atoms with Gasteiger partial charge in [-0.2, -0.15) is 0 Å². The van der Waals surface area contributed by atoms with Crippen molar-refractivity contribution in [1.82, 2.24) is 10.3 Å². The van der Waals surface area contributed by atoms with Crippen LogP contribution in [-0.2, 0) is 20.7 Å². The van der Waals surface area contributed by atoms with E-state index in [1.807, 2.05) is 25.3 Å². The molecule has 0 saturated carbocycles. The Morgan fingerprint density at radius 2 is 2.43 bits per heavy atom. The lowest BCUT2D eigenvalue weighted by Gasteiger charge is -2.31. The molecular formula is C16H25N3O3S. The lowest BCUT2D eigenvalue weighted by atomic mass is 10.1. The standard InChI is InChI=1S/C16H25N3O3S/c1-11(2)5-8-22-14-6-7-21-9-13(14)19-15(20)4-3-12-10-23-16(17)18-12/h5,10,13-14H,3-4,6-9H2,1-2H3,(H2,17,18)(H,19,20)/t13-,14+/m1/s1. The van der Waals surface area contributed by atoms with Crippen LogP contribution >= 0.6 is 11.3 Å². The van der Waals surface area contributed by atoms with Crippen LogP contribution in [0.15, 0.2) is 17.0 Å². The lowest BCUT2D eigenvalue weighted by molar-refractivity contribution is -0.125. The van der Waals surface area contributed by atoms with E-state index >= 15 is 0 Å². The number of carbonyl (C=O) groups is 1. The minimum absolute atomic E-state index is 0.00165. The van der Waals surface area contributed by atoms with Gasteiger partial charge in [-0.15, -0.1) is 11.3 Å². The molecule has 0 aromatic carbocycles. The quantitative estimate of drug-likeness (QED) is 0.741. The zero-order chi connectivity index (χ0) is 16.7. The number of hydrogen-bond donors (Lipinski definition) is 2. The first-order valence-corrected chi connectivity index (χ1v) is 8.74. The Kier molecular flexibility index (Phi) is 7.01. The number of carbonyl (C=O) groups excluding carboxylic acids is 1. The number of nitrogens with one attached hydrogen (secondary N) is 1. The second kappa shape index (κ2) is 9.00. The minimum Gasteiger partial charge on any atom is -0.379 e. The van der Waals surface area contributed by atoms with Crippen LogP contribution in [0.1, 0.15) is 32.4 Å². The van der Waals surface area contributed by atoms with Gasteiger partial charge >= 0.3 is 0 Å². The molecule has 1 aliphatic rings. The lowest BCUT2D eigenvalue weighted by Crippen LogP contribution is -2.50. The zero-order valence-corrected chi connectivity index (χ0v) is 14.5. The Balaban J connectivity index is 1.78. The number of nitrogens with zero attached hydrogens (tertiary/aromatic N) is 1. The van der Waals surface area contributed by atoms with Crippen molar-refractivity contribution in [3.05, 3.63) is 22.7 Å². The van der Waals surface area contributed by atoms with Crippen molar-refractivity contribution in [2.45, 2.75) is 45.3 Å². The first-order chi connectivity index (χ1) is 11.0. The SMILES string of the molecule is CC(C)=CCO[C@H]1CCOC[C@H]1NC(=O)CCc1csc(N)n1. The summed E-state index contributed by atoms with van der Waals surface area (Å²) in [6.45, 7) is 5.81. The van der Waals surface area contributed by atoms with Crippen LogP contribution in [0.25, 0.3) is 0 Å². The Morgan fingerprint density at radius 3 is 3.13 bits per heavy atom. The van der Waals surface area contributed by atoms with Gasteiger partial charge in [-0.3, -0.25) is 4.79 Å². The van der Waals surface area contributed by atoms with E-state index in [1.165, 1.54) is 16.9 Å². The Hall–Kier alpha value is -1.44. The highest BCUT2D eigenvalue weighted by molar-refractivity contribution is 7.13. The van der Waals surface area contributed by atoms with Gasteiger partial charge < -0.3 is 20.5 Å². The van der Waals surface area contributed by atoms with Gasteiger partial charge in [0.2, 0.25) is 5.91 Å². The van der Waals surface area contributed by atoms with Gasteiger partial charge in [0, 0.05) is 18.4 Å². The van der Waals surface area contributed by atoms with Gasteiger partial charge in [0.05, 0.1) is 31.1 Å². The van der Waals surface area contributed by atoms with Gasteiger partial charge in [0.1, 0.15) is 0 Å². The molecular weight excluding hydrogens is 314 g/mol. The molecule has 128 valence electrons. The second-order valence-electron chi connectivity index (χ2n) is 5.87. The van der Waals surface area contributed by atoms with Crippen molar-refractivity contribution in [2.75, 3.05) is 25.6 Å². The predicted molar refractivity (Wildman–Crippen MR) is 91.4 cm³/mol. The molecule has 2 atom stereocenters. The first kappa shape index (κ1) is 17.9. The number of thiazole rings is 1. The van der Waals surface area contributed by atoms with Crippen LogP contribution in [0.4, 0.5) is 5.13 Å². The summed E-state index contributed by atoms with van der Waals surface area (Å²) in [5.41, 5.74) is 7.67. The molecule has 1 fully saturated rings. The molecule has 6 nitrogen and oxygen atoms in total. The Bertz CT molecular complexity index is 540. The highest BCUT2D eigenvalue weighted by atomic mass is 32.1. The normalized spacial score (nSPS) is 21.0. The molecule has 1 amide bonds. The molecule has 1 aromatic rings. The summed E-state index contributed by atoms with van der Waals surface area (Å²) < 4.78 is 11.3. The third-order valence-corrected chi connectivity index (χ3v) is 4.34. The van der Waals surface area contributed by atoms with Crippen LogP contribution in [-0.4, -0.2) is 42.9 Å². The third kappa shape index (κ3) is 6.29. The van der Waals surface area contributed by atoms with E-state index in [9.17, 15) is 4.79 Å². The fourth-order valence-corrected chi connectivity index (χ4v) is 2.95. The number of hydrogen-bond acceptors (Lipinski definition) is 6. The van der Waals surface area contributed by atoms with Crippen molar-refractivity contribution < 1.29 is 14.3 Å². The summed E-state index contributed by atoms with van der Waals surface area (Å²) in [6.07, 6.45) is 3.82. The summed E-state index contributed by atoms with van der Waals surface area (Å²) in [5, 5.41) is 5.44. The van der Waals surface area contributed by atoms with E-state index < -0.39 is 0 Å². The van der Waals surface area contributed by atoms with Gasteiger partial charge in [0.25, 0.3) is 0 Å². The molecule has 0 unspecified atom stereocenters. The Morgan fingerprint density at radius 1 is 1.61 bits per heavy atom. The van der Waals surface area contributed by atoms with Gasteiger partial charge in [0.15, 0.2) is 5.13 Å². The number of nitrogen functional groups attached to an aromatic ring is 1. The summed E-state index contributed by atoms with van der Waals surface area (Å²) in [5.74, 6) is -0.0112. The molecule has 7 heteroatoms. The average molecular weight is 339 g/mol. The number of aryl methyl sites for hydroxylation is 1. The largest absolute Gasteiger partial charge is 0.379 e. The first-order valence-electron chi connectivity index (χ1n) is 7.86. The second-order valence-corrected chi connectivity index (χ2v) is 6.76. The molecule has 0 aliphatic carbocycles. The number of rotatable bonds is 7.